The molecule has 0 aliphatic carbocycles. The minimum Gasteiger partial charge on any atom is -0.383 e. The molecule has 0 saturated carbocycles. The molecular formula is C15H25ClIN3OS. The maximum Gasteiger partial charge on any atom is 0.191 e. The highest BCUT2D eigenvalue weighted by molar-refractivity contribution is 14.0. The van der Waals surface area contributed by atoms with Crippen LogP contribution in [-0.4, -0.2) is 45.6 Å². The van der Waals surface area contributed by atoms with Crippen molar-refractivity contribution in [3.05, 3.63) is 34.9 Å². The van der Waals surface area contributed by atoms with Gasteiger partial charge in [-0.3, -0.25) is 4.99 Å². The average Bonchev–Trinajstić information content (AvgIpc) is 2.47. The molecule has 0 heterocycles. The van der Waals surface area contributed by atoms with Gasteiger partial charge >= 0.3 is 0 Å². The van der Waals surface area contributed by atoms with E-state index in [0.29, 0.717) is 11.9 Å². The molecule has 22 heavy (non-hydrogen) atoms. The largest absolute Gasteiger partial charge is 0.383 e. The molecule has 0 fully saturated rings. The Morgan fingerprint density at radius 1 is 1.45 bits per heavy atom. The summed E-state index contributed by atoms with van der Waals surface area (Å²) in [5.41, 5.74) is 1.21. The minimum absolute atomic E-state index is 0. The summed E-state index contributed by atoms with van der Waals surface area (Å²) >= 11 is 7.84. The SMILES string of the molecule is CN=C(NCC(SC)c1cccc(Cl)c1)NC(C)COC.I. The molecule has 1 rings (SSSR count). The number of hydrogen-bond donors (Lipinski definition) is 2. The molecule has 0 saturated heterocycles. The van der Waals surface area contributed by atoms with Gasteiger partial charge in [0.25, 0.3) is 0 Å². The van der Waals surface area contributed by atoms with Gasteiger partial charge in [-0.25, -0.2) is 0 Å². The minimum atomic E-state index is 0. The van der Waals surface area contributed by atoms with Crippen molar-refractivity contribution in [1.82, 2.24) is 10.6 Å². The van der Waals surface area contributed by atoms with Crippen LogP contribution < -0.4 is 10.6 Å². The molecule has 0 amide bonds. The summed E-state index contributed by atoms with van der Waals surface area (Å²) in [5, 5.41) is 7.72. The maximum absolute atomic E-state index is 6.06. The first-order valence-electron chi connectivity index (χ1n) is 6.85. The van der Waals surface area contributed by atoms with Crippen molar-refractivity contribution < 1.29 is 4.74 Å². The molecule has 0 aliphatic rings. The van der Waals surface area contributed by atoms with Gasteiger partial charge in [-0.05, 0) is 30.9 Å². The third-order valence-electron chi connectivity index (χ3n) is 2.98. The van der Waals surface area contributed by atoms with Crippen molar-refractivity contribution in [2.75, 3.05) is 33.6 Å². The van der Waals surface area contributed by atoms with Crippen LogP contribution in [0.25, 0.3) is 0 Å². The molecule has 4 nitrogen and oxygen atoms in total. The summed E-state index contributed by atoms with van der Waals surface area (Å²) in [6, 6.07) is 8.18. The van der Waals surface area contributed by atoms with Crippen LogP contribution in [-0.2, 0) is 4.74 Å². The molecule has 2 N–H and O–H groups in total. The lowest BCUT2D eigenvalue weighted by Crippen LogP contribution is -2.44. The molecule has 7 heteroatoms. The highest BCUT2D eigenvalue weighted by Gasteiger charge is 2.12. The lowest BCUT2D eigenvalue weighted by molar-refractivity contribution is 0.179. The van der Waals surface area contributed by atoms with Gasteiger partial charge in [0.05, 0.1) is 6.61 Å². The van der Waals surface area contributed by atoms with E-state index in [4.69, 9.17) is 16.3 Å². The number of halogens is 2. The van der Waals surface area contributed by atoms with Gasteiger partial charge in [0.2, 0.25) is 0 Å². The second kappa shape index (κ2) is 12.3. The molecule has 0 aromatic heterocycles. The quantitative estimate of drug-likeness (QED) is 0.373. The number of methoxy groups -OCH3 is 1. The van der Waals surface area contributed by atoms with Gasteiger partial charge in [0.15, 0.2) is 5.96 Å². The van der Waals surface area contributed by atoms with Crippen LogP contribution in [0.5, 0.6) is 0 Å². The first kappa shape index (κ1) is 21.8. The third-order valence-corrected chi connectivity index (χ3v) is 4.23. The van der Waals surface area contributed by atoms with Crippen LogP contribution in [0, 0.1) is 0 Å². The second-order valence-corrected chi connectivity index (χ2v) is 6.21. The number of guanidine groups is 1. The zero-order valence-electron chi connectivity index (χ0n) is 13.4. The van der Waals surface area contributed by atoms with Crippen molar-refractivity contribution in [3.63, 3.8) is 0 Å². The van der Waals surface area contributed by atoms with Crippen LogP contribution >= 0.6 is 47.3 Å². The predicted octanol–water partition coefficient (Wildman–Crippen LogP) is 3.56. The summed E-state index contributed by atoms with van der Waals surface area (Å²) < 4.78 is 5.11. The van der Waals surface area contributed by atoms with E-state index in [1.165, 1.54) is 5.56 Å². The lowest BCUT2D eigenvalue weighted by Gasteiger charge is -2.20. The van der Waals surface area contributed by atoms with Gasteiger partial charge in [-0.2, -0.15) is 11.8 Å². The lowest BCUT2D eigenvalue weighted by atomic mass is 10.1. The van der Waals surface area contributed by atoms with Crippen molar-refractivity contribution in [2.24, 2.45) is 4.99 Å². The summed E-state index contributed by atoms with van der Waals surface area (Å²) in [6.45, 7) is 3.47. The van der Waals surface area contributed by atoms with Crippen LogP contribution in [0.15, 0.2) is 29.3 Å². The van der Waals surface area contributed by atoms with Crippen LogP contribution in [0.1, 0.15) is 17.7 Å². The summed E-state index contributed by atoms with van der Waals surface area (Å²) in [6.07, 6.45) is 2.09. The number of ether oxygens (including phenoxy) is 1. The van der Waals surface area contributed by atoms with E-state index < -0.39 is 0 Å². The van der Waals surface area contributed by atoms with E-state index >= 15 is 0 Å². The number of rotatable bonds is 7. The molecule has 1 aromatic rings. The number of nitrogens with zero attached hydrogens (tertiary/aromatic N) is 1. The van der Waals surface area contributed by atoms with E-state index in [9.17, 15) is 0 Å². The fourth-order valence-corrected chi connectivity index (χ4v) is 2.82. The van der Waals surface area contributed by atoms with Gasteiger partial charge in [-0.15, -0.1) is 24.0 Å². The Labute approximate surface area is 159 Å². The van der Waals surface area contributed by atoms with Gasteiger partial charge < -0.3 is 15.4 Å². The number of nitrogens with one attached hydrogen (secondary N) is 2. The van der Waals surface area contributed by atoms with E-state index in [-0.39, 0.29) is 30.0 Å². The number of benzene rings is 1. The van der Waals surface area contributed by atoms with Gasteiger partial charge in [-0.1, -0.05) is 23.7 Å². The zero-order chi connectivity index (χ0) is 15.7. The van der Waals surface area contributed by atoms with E-state index in [1.54, 1.807) is 25.9 Å². The Kier molecular flexibility index (Phi) is 12.2. The highest BCUT2D eigenvalue weighted by atomic mass is 127. The number of aliphatic imine (C=N–C) groups is 1. The van der Waals surface area contributed by atoms with Gasteiger partial charge in [0, 0.05) is 37.0 Å². The number of thioether (sulfide) groups is 1. The Bertz CT molecular complexity index is 462. The van der Waals surface area contributed by atoms with Crippen LogP contribution in [0.3, 0.4) is 0 Å². The van der Waals surface area contributed by atoms with Crippen molar-refractivity contribution in [1.29, 1.82) is 0 Å². The average molecular weight is 458 g/mol. The molecule has 0 bridgehead atoms. The molecule has 2 unspecified atom stereocenters. The third kappa shape index (κ3) is 7.89. The Morgan fingerprint density at radius 3 is 2.73 bits per heavy atom. The molecule has 0 spiro atoms. The molecule has 0 aliphatic heterocycles. The Hall–Kier alpha value is -0.180. The molecular weight excluding hydrogens is 433 g/mol. The molecule has 126 valence electrons. The van der Waals surface area contributed by atoms with Crippen LogP contribution in [0.4, 0.5) is 0 Å². The predicted molar refractivity (Wildman–Crippen MR) is 109 cm³/mol. The van der Waals surface area contributed by atoms with E-state index in [0.717, 1.165) is 17.5 Å². The summed E-state index contributed by atoms with van der Waals surface area (Å²) in [7, 11) is 3.46. The first-order chi connectivity index (χ1) is 10.1. The van der Waals surface area contributed by atoms with Crippen molar-refractivity contribution >= 4 is 53.3 Å². The van der Waals surface area contributed by atoms with Crippen molar-refractivity contribution in [3.8, 4) is 0 Å². The summed E-state index contributed by atoms with van der Waals surface area (Å²) in [4.78, 5) is 4.23. The maximum atomic E-state index is 6.06. The van der Waals surface area contributed by atoms with Crippen LogP contribution in [0.2, 0.25) is 5.02 Å². The smallest absolute Gasteiger partial charge is 0.191 e. The Balaban J connectivity index is 0.00000441. The monoisotopic (exact) mass is 457 g/mol. The summed E-state index contributed by atoms with van der Waals surface area (Å²) in [5.74, 6) is 0.778. The number of hydrogen-bond acceptors (Lipinski definition) is 3. The van der Waals surface area contributed by atoms with Gasteiger partial charge in [0.1, 0.15) is 0 Å². The second-order valence-electron chi connectivity index (χ2n) is 4.73. The standard InChI is InChI=1S/C15H24ClN3OS.HI/c1-11(10-20-3)19-15(17-2)18-9-14(21-4)12-6-5-7-13(16)8-12;/h5-8,11,14H,9-10H2,1-4H3,(H2,17,18,19);1H. The first-order valence-corrected chi connectivity index (χ1v) is 8.51. The normalized spacial score (nSPS) is 14.0. The fourth-order valence-electron chi connectivity index (χ4n) is 1.95. The highest BCUT2D eigenvalue weighted by Crippen LogP contribution is 2.27. The zero-order valence-corrected chi connectivity index (χ0v) is 17.3. The fraction of sp³-hybridized carbons (Fsp3) is 0.533. The molecule has 1 aromatic carbocycles. The van der Waals surface area contributed by atoms with E-state index in [1.807, 2.05) is 18.2 Å². The molecule has 0 radical (unpaired) electrons. The van der Waals surface area contributed by atoms with E-state index in [2.05, 4.69) is 34.9 Å². The molecule has 2 atom stereocenters. The van der Waals surface area contributed by atoms with Crippen molar-refractivity contribution in [2.45, 2.75) is 18.2 Å². The topological polar surface area (TPSA) is 45.7 Å². The Morgan fingerprint density at radius 2 is 2.18 bits per heavy atom.